The van der Waals surface area contributed by atoms with Crippen molar-refractivity contribution < 1.29 is 0 Å². The Balaban J connectivity index is 2.89. The number of nitrogens with two attached hydrogens (primary N) is 1. The zero-order valence-corrected chi connectivity index (χ0v) is 9.43. The highest BCUT2D eigenvalue weighted by Gasteiger charge is 2.15. The second-order valence-electron chi connectivity index (χ2n) is 3.69. The molecule has 2 aromatic rings. The van der Waals surface area contributed by atoms with E-state index in [-0.39, 0.29) is 0 Å². The van der Waals surface area contributed by atoms with Crippen molar-refractivity contribution in [1.82, 2.24) is 4.98 Å². The van der Waals surface area contributed by atoms with E-state index in [1.165, 1.54) is 11.3 Å². The number of anilines is 1. The highest BCUT2D eigenvalue weighted by atomic mass is 32.1. The van der Waals surface area contributed by atoms with Gasteiger partial charge in [-0.15, -0.1) is 0 Å². The lowest BCUT2D eigenvalue weighted by atomic mass is 9.99. The summed E-state index contributed by atoms with van der Waals surface area (Å²) in [5.74, 6) is 0.372. The third kappa shape index (κ3) is 1.45. The standard InChI is InChI=1S/C11H11N3S/c1-6(2)7-3-4-14-11-9(7)8(5-12)10(13)15-11/h3-4,6H,13H2,1-2H3. The molecule has 2 N–H and O–H groups in total. The first-order chi connectivity index (χ1) is 7.15. The summed E-state index contributed by atoms with van der Waals surface area (Å²) in [6.07, 6.45) is 1.77. The van der Waals surface area contributed by atoms with Crippen LogP contribution in [0.4, 0.5) is 5.00 Å². The molecule has 0 aromatic carbocycles. The van der Waals surface area contributed by atoms with E-state index in [0.29, 0.717) is 16.5 Å². The molecule has 0 spiro atoms. The molecule has 0 fully saturated rings. The fraction of sp³-hybridized carbons (Fsp3) is 0.273. The van der Waals surface area contributed by atoms with Gasteiger partial charge in [0.1, 0.15) is 15.9 Å². The van der Waals surface area contributed by atoms with Crippen LogP contribution < -0.4 is 5.73 Å². The van der Waals surface area contributed by atoms with E-state index in [2.05, 4.69) is 24.9 Å². The first-order valence-electron chi connectivity index (χ1n) is 4.72. The van der Waals surface area contributed by atoms with Gasteiger partial charge in [-0.1, -0.05) is 25.2 Å². The van der Waals surface area contributed by atoms with Crippen molar-refractivity contribution in [3.8, 4) is 6.07 Å². The van der Waals surface area contributed by atoms with Crippen LogP contribution in [0.25, 0.3) is 10.2 Å². The van der Waals surface area contributed by atoms with E-state index in [4.69, 9.17) is 11.0 Å². The molecule has 15 heavy (non-hydrogen) atoms. The van der Waals surface area contributed by atoms with Gasteiger partial charge in [0.05, 0.1) is 5.56 Å². The third-order valence-corrected chi connectivity index (χ3v) is 3.31. The van der Waals surface area contributed by atoms with Gasteiger partial charge in [0.2, 0.25) is 0 Å². The summed E-state index contributed by atoms with van der Waals surface area (Å²) >= 11 is 1.38. The highest BCUT2D eigenvalue weighted by molar-refractivity contribution is 7.22. The second-order valence-corrected chi connectivity index (χ2v) is 4.72. The van der Waals surface area contributed by atoms with Gasteiger partial charge in [0, 0.05) is 11.6 Å². The maximum atomic E-state index is 9.06. The number of nitrogen functional groups attached to an aromatic ring is 1. The number of aromatic nitrogens is 1. The van der Waals surface area contributed by atoms with Crippen molar-refractivity contribution >= 4 is 26.6 Å². The number of fused-ring (bicyclic) bond motifs is 1. The number of hydrogen-bond acceptors (Lipinski definition) is 4. The molecule has 0 aliphatic heterocycles. The maximum absolute atomic E-state index is 9.06. The summed E-state index contributed by atoms with van der Waals surface area (Å²) in [6.45, 7) is 4.20. The summed E-state index contributed by atoms with van der Waals surface area (Å²) in [7, 11) is 0. The zero-order valence-electron chi connectivity index (χ0n) is 8.61. The average Bonchev–Trinajstić information content (AvgIpc) is 2.52. The first-order valence-corrected chi connectivity index (χ1v) is 5.53. The molecule has 0 radical (unpaired) electrons. The van der Waals surface area contributed by atoms with E-state index in [1.807, 2.05) is 6.07 Å². The van der Waals surface area contributed by atoms with Crippen LogP contribution in [0, 0.1) is 11.3 Å². The Morgan fingerprint density at radius 2 is 2.27 bits per heavy atom. The van der Waals surface area contributed by atoms with E-state index in [9.17, 15) is 0 Å². The van der Waals surface area contributed by atoms with Crippen LogP contribution in [0.5, 0.6) is 0 Å². The van der Waals surface area contributed by atoms with E-state index >= 15 is 0 Å². The Morgan fingerprint density at radius 1 is 1.53 bits per heavy atom. The Morgan fingerprint density at radius 3 is 2.87 bits per heavy atom. The minimum Gasteiger partial charge on any atom is -0.389 e. The molecule has 76 valence electrons. The minimum atomic E-state index is 0.372. The zero-order chi connectivity index (χ0) is 11.0. The largest absolute Gasteiger partial charge is 0.389 e. The predicted octanol–water partition coefficient (Wildman–Crippen LogP) is 2.87. The molecule has 0 atom stereocenters. The average molecular weight is 217 g/mol. The molecule has 0 saturated heterocycles. The van der Waals surface area contributed by atoms with E-state index in [0.717, 1.165) is 15.8 Å². The number of thiophene rings is 1. The number of pyridine rings is 1. The number of nitriles is 1. The Bertz CT molecular complexity index is 549. The van der Waals surface area contributed by atoms with Gasteiger partial charge in [-0.05, 0) is 17.5 Å². The van der Waals surface area contributed by atoms with Gasteiger partial charge in [-0.25, -0.2) is 4.98 Å². The smallest absolute Gasteiger partial charge is 0.126 e. The molecule has 0 bridgehead atoms. The lowest BCUT2D eigenvalue weighted by molar-refractivity contribution is 0.874. The van der Waals surface area contributed by atoms with Gasteiger partial charge in [-0.2, -0.15) is 5.26 Å². The summed E-state index contributed by atoms with van der Waals surface area (Å²) in [4.78, 5) is 5.10. The normalized spacial score (nSPS) is 10.8. The summed E-state index contributed by atoms with van der Waals surface area (Å²) in [5, 5.41) is 10.6. The number of nitrogens with zero attached hydrogens (tertiary/aromatic N) is 2. The van der Waals surface area contributed by atoms with Crippen molar-refractivity contribution in [2.24, 2.45) is 0 Å². The first kappa shape index (κ1) is 9.94. The molecular formula is C11H11N3S. The number of hydrogen-bond donors (Lipinski definition) is 1. The molecule has 0 saturated carbocycles. The SMILES string of the molecule is CC(C)c1ccnc2sc(N)c(C#N)c12. The summed E-state index contributed by atoms with van der Waals surface area (Å²) < 4.78 is 0. The van der Waals surface area contributed by atoms with Crippen LogP contribution in [0.2, 0.25) is 0 Å². The molecule has 2 aromatic heterocycles. The number of rotatable bonds is 1. The fourth-order valence-corrected chi connectivity index (χ4v) is 2.55. The quantitative estimate of drug-likeness (QED) is 0.798. The molecule has 0 amide bonds. The Labute approximate surface area is 92.2 Å². The topological polar surface area (TPSA) is 62.7 Å². The van der Waals surface area contributed by atoms with Crippen molar-refractivity contribution in [2.45, 2.75) is 19.8 Å². The van der Waals surface area contributed by atoms with E-state index < -0.39 is 0 Å². The van der Waals surface area contributed by atoms with Crippen LogP contribution in [0.3, 0.4) is 0 Å². The predicted molar refractivity (Wildman–Crippen MR) is 62.8 cm³/mol. The second kappa shape index (κ2) is 3.52. The highest BCUT2D eigenvalue weighted by Crippen LogP contribution is 2.36. The van der Waals surface area contributed by atoms with Crippen LogP contribution in [-0.2, 0) is 0 Å². The van der Waals surface area contributed by atoms with Crippen LogP contribution in [0.1, 0.15) is 30.9 Å². The molecule has 2 heterocycles. The van der Waals surface area contributed by atoms with Crippen molar-refractivity contribution in [3.05, 3.63) is 23.4 Å². The van der Waals surface area contributed by atoms with Gasteiger partial charge in [0.25, 0.3) is 0 Å². The van der Waals surface area contributed by atoms with Gasteiger partial charge in [-0.3, -0.25) is 0 Å². The van der Waals surface area contributed by atoms with Crippen LogP contribution >= 0.6 is 11.3 Å². The molecule has 2 rings (SSSR count). The molecule has 0 unspecified atom stereocenters. The van der Waals surface area contributed by atoms with Crippen molar-refractivity contribution in [2.75, 3.05) is 5.73 Å². The monoisotopic (exact) mass is 217 g/mol. The molecule has 4 heteroatoms. The lowest BCUT2D eigenvalue weighted by Crippen LogP contribution is -1.91. The van der Waals surface area contributed by atoms with Crippen molar-refractivity contribution in [3.63, 3.8) is 0 Å². The lowest BCUT2D eigenvalue weighted by Gasteiger charge is -2.06. The molecule has 3 nitrogen and oxygen atoms in total. The van der Waals surface area contributed by atoms with Gasteiger partial charge < -0.3 is 5.73 Å². The maximum Gasteiger partial charge on any atom is 0.126 e. The molecular weight excluding hydrogens is 206 g/mol. The molecule has 0 aliphatic rings. The molecule has 0 aliphatic carbocycles. The Kier molecular flexibility index (Phi) is 2.33. The van der Waals surface area contributed by atoms with Crippen LogP contribution in [0.15, 0.2) is 12.3 Å². The van der Waals surface area contributed by atoms with Crippen molar-refractivity contribution in [1.29, 1.82) is 5.26 Å². The summed E-state index contributed by atoms with van der Waals surface area (Å²) in [5.41, 5.74) is 7.51. The van der Waals surface area contributed by atoms with Gasteiger partial charge in [0.15, 0.2) is 0 Å². The van der Waals surface area contributed by atoms with Gasteiger partial charge >= 0.3 is 0 Å². The van der Waals surface area contributed by atoms with Crippen LogP contribution in [-0.4, -0.2) is 4.98 Å². The van der Waals surface area contributed by atoms with E-state index in [1.54, 1.807) is 6.20 Å². The minimum absolute atomic E-state index is 0.372. The third-order valence-electron chi connectivity index (χ3n) is 2.39. The summed E-state index contributed by atoms with van der Waals surface area (Å²) in [6, 6.07) is 4.12. The Hall–Kier alpha value is -1.60. The fourth-order valence-electron chi connectivity index (χ4n) is 1.66.